The fourth-order valence-electron chi connectivity index (χ4n) is 2.04. The molecule has 7 nitrogen and oxygen atoms in total. The number of nitrogen functional groups attached to an aromatic ring is 1. The molecule has 0 saturated carbocycles. The number of imidazole rings is 1. The molecule has 0 aliphatic heterocycles. The van der Waals surface area contributed by atoms with Gasteiger partial charge in [-0.3, -0.25) is 4.79 Å². The number of hydrogen-bond acceptors (Lipinski definition) is 4. The van der Waals surface area contributed by atoms with Gasteiger partial charge >= 0.3 is 0 Å². The van der Waals surface area contributed by atoms with Gasteiger partial charge in [0, 0.05) is 18.0 Å². The zero-order valence-electron chi connectivity index (χ0n) is 12.0. The standard InChI is InChI=1S/C13H20N6O/c1-4-10(13-15-6-9(3)16-13)17-12(20)7-19-11(14)5-8(2)18-19/h5-6,10H,4,7,14H2,1-3H3,(H,15,16)(H,17,20)/t10-/m1/s1. The minimum atomic E-state index is -0.138. The summed E-state index contributed by atoms with van der Waals surface area (Å²) in [7, 11) is 0. The van der Waals surface area contributed by atoms with Gasteiger partial charge in [0.05, 0.1) is 11.7 Å². The van der Waals surface area contributed by atoms with Crippen molar-refractivity contribution >= 4 is 11.7 Å². The molecule has 1 atom stereocenters. The van der Waals surface area contributed by atoms with E-state index in [0.29, 0.717) is 5.82 Å². The Morgan fingerprint density at radius 1 is 1.55 bits per heavy atom. The Bertz CT molecular complexity index is 600. The highest BCUT2D eigenvalue weighted by Gasteiger charge is 2.16. The van der Waals surface area contributed by atoms with E-state index >= 15 is 0 Å². The summed E-state index contributed by atoms with van der Waals surface area (Å²) >= 11 is 0. The number of nitrogens with one attached hydrogen (secondary N) is 2. The average Bonchev–Trinajstić information content (AvgIpc) is 2.93. The molecule has 0 unspecified atom stereocenters. The van der Waals surface area contributed by atoms with Crippen molar-refractivity contribution in [2.75, 3.05) is 5.73 Å². The van der Waals surface area contributed by atoms with Crippen LogP contribution in [-0.2, 0) is 11.3 Å². The van der Waals surface area contributed by atoms with Crippen molar-refractivity contribution in [2.24, 2.45) is 0 Å². The Labute approximate surface area is 117 Å². The zero-order valence-corrected chi connectivity index (χ0v) is 12.0. The van der Waals surface area contributed by atoms with Crippen molar-refractivity contribution in [3.05, 3.63) is 29.5 Å². The fourth-order valence-corrected chi connectivity index (χ4v) is 2.04. The van der Waals surface area contributed by atoms with Crippen LogP contribution in [0.4, 0.5) is 5.82 Å². The molecule has 108 valence electrons. The highest BCUT2D eigenvalue weighted by atomic mass is 16.2. The van der Waals surface area contributed by atoms with E-state index in [9.17, 15) is 4.79 Å². The molecule has 2 rings (SSSR count). The number of nitrogens with two attached hydrogens (primary N) is 1. The van der Waals surface area contributed by atoms with E-state index < -0.39 is 0 Å². The topological polar surface area (TPSA) is 102 Å². The van der Waals surface area contributed by atoms with E-state index in [-0.39, 0.29) is 18.5 Å². The summed E-state index contributed by atoms with van der Waals surface area (Å²) in [6.45, 7) is 5.87. The molecule has 2 heterocycles. The zero-order chi connectivity index (χ0) is 14.7. The summed E-state index contributed by atoms with van der Waals surface area (Å²) in [6.07, 6.45) is 2.51. The molecule has 7 heteroatoms. The lowest BCUT2D eigenvalue weighted by Gasteiger charge is -2.15. The Hall–Kier alpha value is -2.31. The van der Waals surface area contributed by atoms with E-state index in [1.165, 1.54) is 4.68 Å². The quantitative estimate of drug-likeness (QED) is 0.760. The van der Waals surface area contributed by atoms with E-state index in [4.69, 9.17) is 5.73 Å². The van der Waals surface area contributed by atoms with Gasteiger partial charge in [0.2, 0.25) is 5.91 Å². The molecular formula is C13H20N6O. The normalized spacial score (nSPS) is 12.3. The van der Waals surface area contributed by atoms with Crippen LogP contribution in [0.3, 0.4) is 0 Å². The number of nitrogens with zero attached hydrogens (tertiary/aromatic N) is 3. The van der Waals surface area contributed by atoms with Crippen LogP contribution in [0, 0.1) is 13.8 Å². The van der Waals surface area contributed by atoms with Crippen molar-refractivity contribution in [1.82, 2.24) is 25.1 Å². The molecule has 0 fully saturated rings. The van der Waals surface area contributed by atoms with E-state index in [1.54, 1.807) is 12.3 Å². The molecule has 0 aromatic carbocycles. The van der Waals surface area contributed by atoms with Gasteiger partial charge in [-0.1, -0.05) is 6.92 Å². The van der Waals surface area contributed by atoms with E-state index in [0.717, 1.165) is 23.6 Å². The van der Waals surface area contributed by atoms with Crippen molar-refractivity contribution in [3.63, 3.8) is 0 Å². The van der Waals surface area contributed by atoms with Gasteiger partial charge in [-0.2, -0.15) is 5.10 Å². The Kier molecular flexibility index (Phi) is 4.07. The van der Waals surface area contributed by atoms with Crippen molar-refractivity contribution in [2.45, 2.75) is 39.8 Å². The Balaban J connectivity index is 2.01. The third-order valence-electron chi connectivity index (χ3n) is 3.02. The summed E-state index contributed by atoms with van der Waals surface area (Å²) in [5, 5.41) is 7.10. The largest absolute Gasteiger partial charge is 0.384 e. The van der Waals surface area contributed by atoms with E-state index in [2.05, 4.69) is 20.4 Å². The summed E-state index contributed by atoms with van der Waals surface area (Å²) in [5.74, 6) is 1.11. The first kappa shape index (κ1) is 14.1. The van der Waals surface area contributed by atoms with Gasteiger partial charge in [-0.05, 0) is 20.3 Å². The number of aryl methyl sites for hydroxylation is 2. The molecular weight excluding hydrogens is 256 g/mol. The Morgan fingerprint density at radius 2 is 2.30 bits per heavy atom. The highest BCUT2D eigenvalue weighted by molar-refractivity contribution is 5.76. The molecule has 0 radical (unpaired) electrons. The number of aromatic nitrogens is 4. The SMILES string of the molecule is CC[C@@H](NC(=O)Cn1nc(C)cc1N)c1ncc(C)[nH]1. The molecule has 20 heavy (non-hydrogen) atoms. The van der Waals surface area contributed by atoms with E-state index in [1.807, 2.05) is 20.8 Å². The molecule has 1 amide bonds. The number of rotatable bonds is 5. The first-order chi connectivity index (χ1) is 9.49. The monoisotopic (exact) mass is 276 g/mol. The lowest BCUT2D eigenvalue weighted by molar-refractivity contribution is -0.122. The minimum Gasteiger partial charge on any atom is -0.384 e. The summed E-state index contributed by atoms with van der Waals surface area (Å²) in [6, 6.07) is 1.61. The van der Waals surface area contributed by atoms with Crippen LogP contribution in [0.1, 0.15) is 36.6 Å². The summed E-state index contributed by atoms with van der Waals surface area (Å²) < 4.78 is 1.49. The van der Waals surface area contributed by atoms with Gasteiger partial charge in [-0.15, -0.1) is 0 Å². The van der Waals surface area contributed by atoms with Crippen molar-refractivity contribution in [3.8, 4) is 0 Å². The van der Waals surface area contributed by atoms with Gasteiger partial charge in [0.1, 0.15) is 18.2 Å². The van der Waals surface area contributed by atoms with Gasteiger partial charge < -0.3 is 16.0 Å². The predicted molar refractivity (Wildman–Crippen MR) is 75.9 cm³/mol. The fraction of sp³-hybridized carbons (Fsp3) is 0.462. The maximum Gasteiger partial charge on any atom is 0.242 e. The van der Waals surface area contributed by atoms with Gasteiger partial charge in [0.25, 0.3) is 0 Å². The molecule has 0 saturated heterocycles. The van der Waals surface area contributed by atoms with Crippen LogP contribution in [0.15, 0.2) is 12.3 Å². The molecule has 0 aliphatic rings. The second-order valence-corrected chi connectivity index (χ2v) is 4.85. The molecule has 4 N–H and O–H groups in total. The van der Waals surface area contributed by atoms with Crippen LogP contribution < -0.4 is 11.1 Å². The molecule has 2 aromatic rings. The number of carbonyl (C=O) groups is 1. The van der Waals surface area contributed by atoms with Gasteiger partial charge in [0.15, 0.2) is 0 Å². The molecule has 0 bridgehead atoms. The van der Waals surface area contributed by atoms with Crippen molar-refractivity contribution in [1.29, 1.82) is 0 Å². The maximum absolute atomic E-state index is 12.1. The van der Waals surface area contributed by atoms with Crippen LogP contribution >= 0.6 is 0 Å². The predicted octanol–water partition coefficient (Wildman–Crippen LogP) is 1.07. The number of H-pyrrole nitrogens is 1. The lowest BCUT2D eigenvalue weighted by atomic mass is 10.2. The number of anilines is 1. The highest BCUT2D eigenvalue weighted by Crippen LogP contribution is 2.13. The summed E-state index contributed by atoms with van der Waals surface area (Å²) in [5.41, 5.74) is 7.54. The van der Waals surface area contributed by atoms with Crippen LogP contribution in [0.2, 0.25) is 0 Å². The Morgan fingerprint density at radius 3 is 2.80 bits per heavy atom. The lowest BCUT2D eigenvalue weighted by Crippen LogP contribution is -2.32. The number of aromatic amines is 1. The maximum atomic E-state index is 12.1. The smallest absolute Gasteiger partial charge is 0.242 e. The number of carbonyl (C=O) groups excluding carboxylic acids is 1. The summed E-state index contributed by atoms with van der Waals surface area (Å²) in [4.78, 5) is 19.4. The third kappa shape index (κ3) is 3.17. The average molecular weight is 276 g/mol. The number of hydrogen-bond donors (Lipinski definition) is 3. The van der Waals surface area contributed by atoms with Crippen LogP contribution in [0.5, 0.6) is 0 Å². The third-order valence-corrected chi connectivity index (χ3v) is 3.02. The minimum absolute atomic E-state index is 0.107. The van der Waals surface area contributed by atoms with Gasteiger partial charge in [-0.25, -0.2) is 9.67 Å². The molecule has 2 aromatic heterocycles. The van der Waals surface area contributed by atoms with Crippen LogP contribution in [0.25, 0.3) is 0 Å². The second kappa shape index (κ2) is 5.77. The molecule has 0 spiro atoms. The first-order valence-electron chi connectivity index (χ1n) is 6.60. The van der Waals surface area contributed by atoms with Crippen LogP contribution in [-0.4, -0.2) is 25.7 Å². The number of amides is 1. The first-order valence-corrected chi connectivity index (χ1v) is 6.60. The second-order valence-electron chi connectivity index (χ2n) is 4.85. The van der Waals surface area contributed by atoms with Crippen molar-refractivity contribution < 1.29 is 4.79 Å². The molecule has 0 aliphatic carbocycles.